The molecule has 0 N–H and O–H groups in total. The predicted molar refractivity (Wildman–Crippen MR) is 76.7 cm³/mol. The molecule has 4 nitrogen and oxygen atoms in total. The molecule has 0 heterocycles. The van der Waals surface area contributed by atoms with Crippen LogP contribution in [0.15, 0.2) is 58.5 Å². The molecule has 2 aromatic rings. The number of hydrogen-bond donors (Lipinski definition) is 0. The maximum Gasteiger partial charge on any atom is 2.00 e. The van der Waals surface area contributed by atoms with Crippen molar-refractivity contribution in [2.24, 2.45) is 9.98 Å². The maximum atomic E-state index is 11.4. The molecule has 21 heavy (non-hydrogen) atoms. The molecule has 0 aromatic heterocycles. The maximum absolute atomic E-state index is 11.4. The first kappa shape index (κ1) is 17.4. The van der Waals surface area contributed by atoms with E-state index in [-0.39, 0.29) is 38.8 Å². The SMILES string of the molecule is [Cd+2].[O-]c1ccccc1C=NCCN=Cc1ccccc1[O-]. The van der Waals surface area contributed by atoms with Crippen LogP contribution >= 0.6 is 0 Å². The van der Waals surface area contributed by atoms with Crippen LogP contribution in [0.25, 0.3) is 0 Å². The number of benzene rings is 2. The molecule has 0 amide bonds. The second-order valence-corrected chi connectivity index (χ2v) is 4.15. The van der Waals surface area contributed by atoms with Crippen LogP contribution in [0.4, 0.5) is 0 Å². The molecule has 102 valence electrons. The smallest absolute Gasteiger partial charge is 0.872 e. The number of hydrogen-bond acceptors (Lipinski definition) is 4. The Bertz CT molecular complexity index is 572. The largest absolute Gasteiger partial charge is 2.00 e. The van der Waals surface area contributed by atoms with Crippen LogP contribution in [0.1, 0.15) is 11.1 Å². The monoisotopic (exact) mass is 380 g/mol. The standard InChI is InChI=1S/C16H16N2O2.Cd/c19-15-7-3-1-5-13(15)11-17-9-10-18-12-14-6-2-4-8-16(14)20;/h1-8,11-12,19-20H,9-10H2;/q;+2/p-2. The fourth-order valence-corrected chi connectivity index (χ4v) is 1.62. The summed E-state index contributed by atoms with van der Waals surface area (Å²) in [7, 11) is 0. The summed E-state index contributed by atoms with van der Waals surface area (Å²) in [6.45, 7) is 0.956. The zero-order valence-electron chi connectivity index (χ0n) is 11.6. The van der Waals surface area contributed by atoms with Crippen molar-refractivity contribution >= 4 is 12.4 Å². The average Bonchev–Trinajstić information content (AvgIpc) is 2.46. The van der Waals surface area contributed by atoms with Crippen LogP contribution < -0.4 is 10.2 Å². The molecule has 5 heteroatoms. The van der Waals surface area contributed by atoms with Gasteiger partial charge in [0.25, 0.3) is 0 Å². The van der Waals surface area contributed by atoms with Gasteiger partial charge in [-0.3, -0.25) is 9.98 Å². The van der Waals surface area contributed by atoms with E-state index in [1.165, 1.54) is 12.1 Å². The molecule has 0 aliphatic heterocycles. The van der Waals surface area contributed by atoms with E-state index in [1.807, 2.05) is 0 Å². The molecule has 2 aromatic carbocycles. The summed E-state index contributed by atoms with van der Waals surface area (Å²) in [5.41, 5.74) is 1.14. The molecule has 0 aliphatic carbocycles. The summed E-state index contributed by atoms with van der Waals surface area (Å²) in [5.74, 6) is -0.0833. The van der Waals surface area contributed by atoms with Gasteiger partial charge in [-0.25, -0.2) is 0 Å². The van der Waals surface area contributed by atoms with Crippen molar-refractivity contribution in [3.8, 4) is 11.5 Å². The van der Waals surface area contributed by atoms with Gasteiger partial charge in [0.2, 0.25) is 0 Å². The van der Waals surface area contributed by atoms with E-state index >= 15 is 0 Å². The Morgan fingerprint density at radius 2 is 1.10 bits per heavy atom. The zero-order chi connectivity index (χ0) is 14.2. The Morgan fingerprint density at radius 1 is 0.714 bits per heavy atom. The van der Waals surface area contributed by atoms with Gasteiger partial charge in [-0.15, -0.1) is 11.5 Å². The van der Waals surface area contributed by atoms with Crippen molar-refractivity contribution in [1.82, 2.24) is 0 Å². The second kappa shape index (κ2) is 9.28. The van der Waals surface area contributed by atoms with Crippen molar-refractivity contribution in [2.45, 2.75) is 0 Å². The number of para-hydroxylation sites is 2. The van der Waals surface area contributed by atoms with Crippen molar-refractivity contribution in [3.05, 3.63) is 59.7 Å². The van der Waals surface area contributed by atoms with Gasteiger partial charge in [-0.1, -0.05) is 48.5 Å². The molecule has 0 saturated heterocycles. The van der Waals surface area contributed by atoms with Crippen LogP contribution in [0.5, 0.6) is 11.5 Å². The molecule has 0 fully saturated rings. The Hall–Kier alpha value is -1.70. The first-order chi connectivity index (χ1) is 9.77. The first-order valence-electron chi connectivity index (χ1n) is 6.29. The summed E-state index contributed by atoms with van der Waals surface area (Å²) in [6, 6.07) is 13.5. The number of aliphatic imine (C=N–C) groups is 2. The van der Waals surface area contributed by atoms with Crippen LogP contribution in [-0.4, -0.2) is 25.5 Å². The van der Waals surface area contributed by atoms with Crippen molar-refractivity contribution in [2.75, 3.05) is 13.1 Å². The molecule has 0 radical (unpaired) electrons. The van der Waals surface area contributed by atoms with E-state index in [9.17, 15) is 10.2 Å². The summed E-state index contributed by atoms with van der Waals surface area (Å²) in [4.78, 5) is 8.28. The third kappa shape index (κ3) is 5.66. The minimum absolute atomic E-state index is 0. The van der Waals surface area contributed by atoms with Crippen molar-refractivity contribution in [3.63, 3.8) is 0 Å². The van der Waals surface area contributed by atoms with Crippen molar-refractivity contribution in [1.29, 1.82) is 0 Å². The van der Waals surface area contributed by atoms with E-state index in [2.05, 4.69) is 9.98 Å². The number of rotatable bonds is 5. The van der Waals surface area contributed by atoms with Crippen LogP contribution in [0, 0.1) is 0 Å². The Balaban J connectivity index is 0.00000220. The van der Waals surface area contributed by atoms with E-state index in [1.54, 1.807) is 48.8 Å². The summed E-state index contributed by atoms with van der Waals surface area (Å²) < 4.78 is 0. The zero-order valence-corrected chi connectivity index (χ0v) is 15.6. The molecule has 0 atom stereocenters. The molecule has 0 bridgehead atoms. The van der Waals surface area contributed by atoms with Crippen LogP contribution in [0.3, 0.4) is 0 Å². The first-order valence-corrected chi connectivity index (χ1v) is 6.29. The van der Waals surface area contributed by atoms with E-state index in [0.717, 1.165) is 0 Å². The van der Waals surface area contributed by atoms with Gasteiger partial charge in [0.1, 0.15) is 0 Å². The molecule has 0 aliphatic rings. The van der Waals surface area contributed by atoms with Gasteiger partial charge in [0.05, 0.1) is 13.1 Å². The number of nitrogens with zero attached hydrogens (tertiary/aromatic N) is 2. The van der Waals surface area contributed by atoms with Gasteiger partial charge in [-0.05, 0) is 11.1 Å². The fraction of sp³-hybridized carbons (Fsp3) is 0.125. The normalized spacial score (nSPS) is 10.9. The van der Waals surface area contributed by atoms with Gasteiger partial charge in [0, 0.05) is 12.4 Å². The fourth-order valence-electron chi connectivity index (χ4n) is 1.62. The molecule has 0 saturated carbocycles. The minimum atomic E-state index is -0.0416. The van der Waals surface area contributed by atoms with Gasteiger partial charge in [0.15, 0.2) is 0 Å². The van der Waals surface area contributed by atoms with Crippen LogP contribution in [-0.2, 0) is 27.3 Å². The second-order valence-electron chi connectivity index (χ2n) is 4.15. The van der Waals surface area contributed by atoms with E-state index in [4.69, 9.17) is 0 Å². The third-order valence-corrected chi connectivity index (χ3v) is 2.66. The molecular weight excluding hydrogens is 365 g/mol. The van der Waals surface area contributed by atoms with E-state index < -0.39 is 0 Å². The Morgan fingerprint density at radius 3 is 1.48 bits per heavy atom. The Labute approximate surface area is 144 Å². The quantitative estimate of drug-likeness (QED) is 0.448. The predicted octanol–water partition coefficient (Wildman–Crippen LogP) is 1.37. The molecule has 0 spiro atoms. The third-order valence-electron chi connectivity index (χ3n) is 2.66. The van der Waals surface area contributed by atoms with Gasteiger partial charge >= 0.3 is 27.3 Å². The molecule has 0 unspecified atom stereocenters. The minimum Gasteiger partial charge on any atom is -0.872 e. The summed E-state index contributed by atoms with van der Waals surface area (Å²) >= 11 is 0. The summed E-state index contributed by atoms with van der Waals surface area (Å²) in [5, 5.41) is 22.8. The average molecular weight is 379 g/mol. The molecule has 2 rings (SSSR count). The van der Waals surface area contributed by atoms with E-state index in [0.29, 0.717) is 24.2 Å². The topological polar surface area (TPSA) is 70.8 Å². The van der Waals surface area contributed by atoms with Crippen molar-refractivity contribution < 1.29 is 37.5 Å². The van der Waals surface area contributed by atoms with Crippen LogP contribution in [0.2, 0.25) is 0 Å². The molecular formula is C16H14CdN2O2. The summed E-state index contributed by atoms with van der Waals surface area (Å²) in [6.07, 6.45) is 3.11. The van der Waals surface area contributed by atoms with Gasteiger partial charge < -0.3 is 10.2 Å². The Kier molecular flexibility index (Phi) is 7.67. The van der Waals surface area contributed by atoms with Gasteiger partial charge in [-0.2, -0.15) is 0 Å².